The fraction of sp³-hybridized carbons (Fsp3) is 0.571. The Balaban J connectivity index is 1.93. The van der Waals surface area contributed by atoms with Crippen LogP contribution in [0.25, 0.3) is 0 Å². The molecule has 0 unspecified atom stereocenters. The van der Waals surface area contributed by atoms with Gasteiger partial charge in [-0.15, -0.1) is 0 Å². The zero-order chi connectivity index (χ0) is 12.1. The highest BCUT2D eigenvalue weighted by atomic mass is 19.1. The van der Waals surface area contributed by atoms with Crippen molar-refractivity contribution in [3.05, 3.63) is 35.4 Å². The monoisotopic (exact) mass is 237 g/mol. The van der Waals surface area contributed by atoms with Gasteiger partial charge in [-0.05, 0) is 49.8 Å². The van der Waals surface area contributed by atoms with Crippen LogP contribution in [-0.4, -0.2) is 13.6 Å². The molecule has 0 bridgehead atoms. The molecule has 3 heteroatoms. The number of likely N-dealkylation sites (N-methyl/N-ethyl adjacent to an activating group) is 1. The van der Waals surface area contributed by atoms with E-state index in [0.29, 0.717) is 11.0 Å². The van der Waals surface area contributed by atoms with Gasteiger partial charge in [0.25, 0.3) is 0 Å². The molecule has 1 N–H and O–H groups in total. The van der Waals surface area contributed by atoms with Gasteiger partial charge in [0.05, 0.1) is 0 Å². The first kappa shape index (κ1) is 11.1. The molecule has 0 aromatic heterocycles. The van der Waals surface area contributed by atoms with Crippen LogP contribution >= 0.6 is 0 Å². The third-order valence-electron chi connectivity index (χ3n) is 4.40. The van der Waals surface area contributed by atoms with Crippen molar-refractivity contribution in [2.24, 2.45) is 5.41 Å². The van der Waals surface area contributed by atoms with Crippen LogP contribution < -0.4 is 5.32 Å². The molecule has 1 aromatic carbocycles. The van der Waals surface area contributed by atoms with Crippen molar-refractivity contribution in [3.8, 4) is 0 Å². The van der Waals surface area contributed by atoms with Crippen molar-refractivity contribution < 1.29 is 8.78 Å². The maximum absolute atomic E-state index is 13.9. The van der Waals surface area contributed by atoms with Crippen molar-refractivity contribution in [2.75, 3.05) is 13.6 Å². The minimum Gasteiger partial charge on any atom is -0.319 e. The Morgan fingerprint density at radius 1 is 1.24 bits per heavy atom. The first-order valence-electron chi connectivity index (χ1n) is 6.19. The van der Waals surface area contributed by atoms with Crippen molar-refractivity contribution in [1.82, 2.24) is 5.32 Å². The number of halogens is 2. The summed E-state index contributed by atoms with van der Waals surface area (Å²) in [5, 5.41) is 3.16. The zero-order valence-corrected chi connectivity index (χ0v) is 10.0. The summed E-state index contributed by atoms with van der Waals surface area (Å²) >= 11 is 0. The Labute approximate surface area is 100 Å². The van der Waals surface area contributed by atoms with E-state index in [2.05, 4.69) is 5.32 Å². The molecule has 2 aliphatic rings. The molecule has 1 nitrogen and oxygen atoms in total. The Kier molecular flexibility index (Phi) is 2.31. The van der Waals surface area contributed by atoms with Crippen LogP contribution in [0.4, 0.5) is 8.78 Å². The molecular formula is C14H17F2N. The second-order valence-electron chi connectivity index (χ2n) is 5.79. The molecule has 1 spiro atoms. The minimum atomic E-state index is -0.494. The van der Waals surface area contributed by atoms with Crippen LogP contribution in [-0.2, 0) is 5.41 Å². The number of benzene rings is 1. The summed E-state index contributed by atoms with van der Waals surface area (Å²) < 4.78 is 26.8. The second-order valence-corrected chi connectivity index (χ2v) is 5.79. The third kappa shape index (κ3) is 1.68. The van der Waals surface area contributed by atoms with Crippen LogP contribution in [0, 0.1) is 17.0 Å². The highest BCUT2D eigenvalue weighted by Gasteiger charge is 2.61. The van der Waals surface area contributed by atoms with E-state index in [1.807, 2.05) is 7.05 Å². The fourth-order valence-corrected chi connectivity index (χ4v) is 3.58. The second kappa shape index (κ2) is 3.52. The lowest BCUT2D eigenvalue weighted by atomic mass is 9.56. The highest BCUT2D eigenvalue weighted by molar-refractivity contribution is 5.35. The summed E-state index contributed by atoms with van der Waals surface area (Å²) in [5.74, 6) is -0.887. The fourth-order valence-electron chi connectivity index (χ4n) is 3.58. The average Bonchev–Trinajstić information content (AvgIpc) is 2.97. The normalized spacial score (nSPS) is 23.5. The van der Waals surface area contributed by atoms with Crippen LogP contribution in [0.1, 0.15) is 31.2 Å². The maximum atomic E-state index is 13.9. The molecule has 2 saturated carbocycles. The number of nitrogens with one attached hydrogen (secondary N) is 1. The summed E-state index contributed by atoms with van der Waals surface area (Å²) in [7, 11) is 1.89. The van der Waals surface area contributed by atoms with E-state index in [4.69, 9.17) is 0 Å². The third-order valence-corrected chi connectivity index (χ3v) is 4.40. The summed E-state index contributed by atoms with van der Waals surface area (Å²) in [5.41, 5.74) is 1.08. The molecule has 0 saturated heterocycles. The smallest absolute Gasteiger partial charge is 0.129 e. The lowest BCUT2D eigenvalue weighted by molar-refractivity contribution is 0.114. The highest BCUT2D eigenvalue weighted by Crippen LogP contribution is 2.68. The summed E-state index contributed by atoms with van der Waals surface area (Å²) in [4.78, 5) is 0. The SMILES string of the molecule is CNCC1(c2ccc(F)cc2F)CC2(CC2)C1. The van der Waals surface area contributed by atoms with Crippen molar-refractivity contribution >= 4 is 0 Å². The molecule has 0 heterocycles. The van der Waals surface area contributed by atoms with Crippen LogP contribution in [0.3, 0.4) is 0 Å². The van der Waals surface area contributed by atoms with E-state index in [1.54, 1.807) is 6.07 Å². The molecule has 17 heavy (non-hydrogen) atoms. The molecule has 3 rings (SSSR count). The Bertz CT molecular complexity index is 444. The molecule has 0 amide bonds. The van der Waals surface area contributed by atoms with E-state index in [9.17, 15) is 8.78 Å². The molecule has 0 atom stereocenters. The van der Waals surface area contributed by atoms with E-state index >= 15 is 0 Å². The molecule has 2 aliphatic carbocycles. The largest absolute Gasteiger partial charge is 0.319 e. The molecular weight excluding hydrogens is 220 g/mol. The minimum absolute atomic E-state index is 0.108. The number of rotatable bonds is 3. The van der Waals surface area contributed by atoms with Gasteiger partial charge in [-0.3, -0.25) is 0 Å². The lowest BCUT2D eigenvalue weighted by Gasteiger charge is -2.49. The van der Waals surface area contributed by atoms with E-state index in [-0.39, 0.29) is 5.41 Å². The van der Waals surface area contributed by atoms with Gasteiger partial charge in [0.2, 0.25) is 0 Å². The molecule has 92 valence electrons. The Morgan fingerprint density at radius 2 is 1.94 bits per heavy atom. The van der Waals surface area contributed by atoms with Crippen LogP contribution in [0.5, 0.6) is 0 Å². The van der Waals surface area contributed by atoms with Crippen LogP contribution in [0.15, 0.2) is 18.2 Å². The van der Waals surface area contributed by atoms with E-state index in [0.717, 1.165) is 25.5 Å². The maximum Gasteiger partial charge on any atom is 0.129 e. The van der Waals surface area contributed by atoms with Crippen molar-refractivity contribution in [2.45, 2.75) is 31.1 Å². The summed E-state index contributed by atoms with van der Waals surface area (Å²) in [6.45, 7) is 0.775. The van der Waals surface area contributed by atoms with Gasteiger partial charge >= 0.3 is 0 Å². The van der Waals surface area contributed by atoms with Gasteiger partial charge in [-0.25, -0.2) is 8.78 Å². The van der Waals surface area contributed by atoms with Gasteiger partial charge in [0, 0.05) is 18.0 Å². The van der Waals surface area contributed by atoms with Crippen molar-refractivity contribution in [3.63, 3.8) is 0 Å². The first-order valence-corrected chi connectivity index (χ1v) is 6.19. The zero-order valence-electron chi connectivity index (χ0n) is 10.0. The number of hydrogen-bond donors (Lipinski definition) is 1. The van der Waals surface area contributed by atoms with E-state index < -0.39 is 11.6 Å². The quantitative estimate of drug-likeness (QED) is 0.852. The standard InChI is InChI=1S/C14H17F2N/c1-17-9-14(7-13(8-14)4-5-13)11-3-2-10(15)6-12(11)16/h2-3,6,17H,4-5,7-9H2,1H3. The van der Waals surface area contributed by atoms with E-state index in [1.165, 1.54) is 18.9 Å². The number of hydrogen-bond acceptors (Lipinski definition) is 1. The molecule has 1 aromatic rings. The summed E-state index contributed by atoms with van der Waals surface area (Å²) in [6.07, 6.45) is 4.65. The molecule has 0 radical (unpaired) electrons. The van der Waals surface area contributed by atoms with Gasteiger partial charge in [-0.2, -0.15) is 0 Å². The first-order chi connectivity index (χ1) is 8.09. The van der Waals surface area contributed by atoms with Crippen molar-refractivity contribution in [1.29, 1.82) is 0 Å². The Hall–Kier alpha value is -0.960. The van der Waals surface area contributed by atoms with Gasteiger partial charge < -0.3 is 5.32 Å². The van der Waals surface area contributed by atoms with Gasteiger partial charge in [0.15, 0.2) is 0 Å². The molecule has 2 fully saturated rings. The Morgan fingerprint density at radius 3 is 2.47 bits per heavy atom. The summed E-state index contributed by atoms with van der Waals surface area (Å²) in [6, 6.07) is 4.00. The average molecular weight is 237 g/mol. The molecule has 0 aliphatic heterocycles. The predicted octanol–water partition coefficient (Wildman–Crippen LogP) is 3.00. The topological polar surface area (TPSA) is 12.0 Å². The van der Waals surface area contributed by atoms with Crippen LogP contribution in [0.2, 0.25) is 0 Å². The van der Waals surface area contributed by atoms with Gasteiger partial charge in [0.1, 0.15) is 11.6 Å². The predicted molar refractivity (Wildman–Crippen MR) is 62.9 cm³/mol. The lowest BCUT2D eigenvalue weighted by Crippen LogP contribution is -2.49. The van der Waals surface area contributed by atoms with Gasteiger partial charge in [-0.1, -0.05) is 6.07 Å².